The first-order valence-electron chi connectivity index (χ1n) is 8.66. The zero-order chi connectivity index (χ0) is 18.1. The maximum absolute atomic E-state index is 12.0. The van der Waals surface area contributed by atoms with Crippen molar-refractivity contribution >= 4 is 5.91 Å². The van der Waals surface area contributed by atoms with Gasteiger partial charge in [-0.25, -0.2) is 0 Å². The Morgan fingerprint density at radius 2 is 1.88 bits per heavy atom. The average Bonchev–Trinajstić information content (AvgIpc) is 2.65. The number of piperidine rings is 1. The van der Waals surface area contributed by atoms with Gasteiger partial charge in [-0.1, -0.05) is 24.3 Å². The van der Waals surface area contributed by atoms with Gasteiger partial charge >= 0.3 is 0 Å². The van der Waals surface area contributed by atoms with Crippen LogP contribution in [0.5, 0.6) is 11.5 Å². The van der Waals surface area contributed by atoms with E-state index in [-0.39, 0.29) is 5.91 Å². The highest BCUT2D eigenvalue weighted by Gasteiger charge is 2.13. The van der Waals surface area contributed by atoms with Gasteiger partial charge in [0.2, 0.25) is 5.91 Å². The maximum atomic E-state index is 12.0. The van der Waals surface area contributed by atoms with Crippen LogP contribution in [-0.4, -0.2) is 49.3 Å². The average molecular weight is 345 g/mol. The van der Waals surface area contributed by atoms with Crippen LogP contribution in [0.25, 0.3) is 0 Å². The van der Waals surface area contributed by atoms with E-state index in [1.54, 1.807) is 38.5 Å². The molecular formula is C20H27NO4. The largest absolute Gasteiger partial charge is 0.493 e. The minimum absolute atomic E-state index is 0.0405. The number of carbonyl (C=O) groups excluding carboxylic acids is 1. The van der Waals surface area contributed by atoms with Gasteiger partial charge in [-0.15, -0.1) is 0 Å². The summed E-state index contributed by atoms with van der Waals surface area (Å²) in [7, 11) is 3.18. The summed E-state index contributed by atoms with van der Waals surface area (Å²) in [6, 6.07) is 5.57. The van der Waals surface area contributed by atoms with Gasteiger partial charge in [-0.2, -0.15) is 0 Å². The lowest BCUT2D eigenvalue weighted by molar-refractivity contribution is -0.126. The number of carbonyl (C=O) groups is 1. The van der Waals surface area contributed by atoms with Crippen molar-refractivity contribution in [1.29, 1.82) is 0 Å². The van der Waals surface area contributed by atoms with Crippen LogP contribution in [0.2, 0.25) is 0 Å². The molecule has 0 aromatic heterocycles. The number of nitrogens with zero attached hydrogens (tertiary/aromatic N) is 1. The highest BCUT2D eigenvalue weighted by molar-refractivity contribution is 5.87. The molecule has 1 fully saturated rings. The van der Waals surface area contributed by atoms with Gasteiger partial charge in [0.1, 0.15) is 0 Å². The van der Waals surface area contributed by atoms with Crippen molar-refractivity contribution in [3.8, 4) is 11.5 Å². The number of rotatable bonds is 7. The van der Waals surface area contributed by atoms with Crippen LogP contribution in [-0.2, 0) is 11.2 Å². The number of aliphatic hydroxyl groups is 1. The van der Waals surface area contributed by atoms with Gasteiger partial charge in [0.15, 0.2) is 11.5 Å². The minimum atomic E-state index is -0.632. The van der Waals surface area contributed by atoms with Crippen LogP contribution in [0.3, 0.4) is 0 Å². The van der Waals surface area contributed by atoms with Crippen molar-refractivity contribution in [3.05, 3.63) is 48.1 Å². The molecule has 0 spiro atoms. The Hall–Kier alpha value is -2.27. The summed E-state index contributed by atoms with van der Waals surface area (Å²) in [6.45, 7) is 1.68. The molecule has 136 valence electrons. The zero-order valence-corrected chi connectivity index (χ0v) is 15.0. The number of methoxy groups -OCH3 is 2. The second-order valence-electron chi connectivity index (χ2n) is 6.09. The molecule has 1 aliphatic rings. The summed E-state index contributed by atoms with van der Waals surface area (Å²) in [5, 5.41) is 10.1. The monoisotopic (exact) mass is 345 g/mol. The van der Waals surface area contributed by atoms with Crippen molar-refractivity contribution in [3.63, 3.8) is 0 Å². The predicted octanol–water partition coefficient (Wildman–Crippen LogP) is 2.73. The summed E-state index contributed by atoms with van der Waals surface area (Å²) in [5.74, 6) is 1.34. The Kier molecular flexibility index (Phi) is 7.54. The van der Waals surface area contributed by atoms with Crippen LogP contribution < -0.4 is 9.47 Å². The van der Waals surface area contributed by atoms with Crippen molar-refractivity contribution in [2.75, 3.05) is 27.3 Å². The van der Waals surface area contributed by atoms with Crippen LogP contribution in [0, 0.1) is 0 Å². The number of amides is 1. The summed E-state index contributed by atoms with van der Waals surface area (Å²) < 4.78 is 10.5. The van der Waals surface area contributed by atoms with Crippen LogP contribution in [0.1, 0.15) is 24.8 Å². The SMILES string of the molecule is COc1ccc(C[C@@H](O)/C=C/C=C/C(=O)N2CCCCC2)cc1OC. The highest BCUT2D eigenvalue weighted by atomic mass is 16.5. The van der Waals surface area contributed by atoms with Crippen molar-refractivity contribution < 1.29 is 19.4 Å². The molecule has 5 nitrogen and oxygen atoms in total. The van der Waals surface area contributed by atoms with Crippen molar-refractivity contribution in [1.82, 2.24) is 4.90 Å². The molecule has 0 radical (unpaired) electrons. The van der Waals surface area contributed by atoms with Gasteiger partial charge in [0.25, 0.3) is 0 Å². The minimum Gasteiger partial charge on any atom is -0.493 e. The van der Waals surface area contributed by atoms with E-state index in [0.29, 0.717) is 17.9 Å². The molecule has 1 atom stereocenters. The van der Waals surface area contributed by atoms with E-state index in [4.69, 9.17) is 9.47 Å². The van der Waals surface area contributed by atoms with E-state index < -0.39 is 6.10 Å². The van der Waals surface area contributed by atoms with E-state index in [0.717, 1.165) is 31.5 Å². The normalized spacial score (nSPS) is 16.4. The lowest BCUT2D eigenvalue weighted by Gasteiger charge is -2.25. The number of likely N-dealkylation sites (tertiary alicyclic amines) is 1. The third-order valence-electron chi connectivity index (χ3n) is 4.24. The smallest absolute Gasteiger partial charge is 0.246 e. The van der Waals surface area contributed by atoms with Gasteiger partial charge in [-0.3, -0.25) is 4.79 Å². The Morgan fingerprint density at radius 1 is 1.16 bits per heavy atom. The number of benzene rings is 1. The molecule has 1 N–H and O–H groups in total. The molecule has 1 aliphatic heterocycles. The second-order valence-corrected chi connectivity index (χ2v) is 6.09. The lowest BCUT2D eigenvalue weighted by atomic mass is 10.1. The van der Waals surface area contributed by atoms with E-state index in [1.807, 2.05) is 23.1 Å². The van der Waals surface area contributed by atoms with E-state index in [9.17, 15) is 9.90 Å². The molecule has 5 heteroatoms. The number of ether oxygens (including phenoxy) is 2. The Bertz CT molecular complexity index is 618. The molecule has 1 aromatic carbocycles. The first-order chi connectivity index (χ1) is 12.1. The molecular weight excluding hydrogens is 318 g/mol. The van der Waals surface area contributed by atoms with Gasteiger partial charge in [0.05, 0.1) is 20.3 Å². The van der Waals surface area contributed by atoms with Crippen molar-refractivity contribution in [2.24, 2.45) is 0 Å². The Labute approximate surface area is 149 Å². The number of hydrogen-bond donors (Lipinski definition) is 1. The third kappa shape index (κ3) is 5.94. The van der Waals surface area contributed by atoms with E-state index in [1.165, 1.54) is 6.42 Å². The van der Waals surface area contributed by atoms with E-state index in [2.05, 4.69) is 0 Å². The quantitative estimate of drug-likeness (QED) is 0.610. The Balaban J connectivity index is 1.84. The third-order valence-corrected chi connectivity index (χ3v) is 4.24. The molecule has 1 amide bonds. The molecule has 25 heavy (non-hydrogen) atoms. The molecule has 1 saturated heterocycles. The lowest BCUT2D eigenvalue weighted by Crippen LogP contribution is -2.34. The van der Waals surface area contributed by atoms with Gasteiger partial charge in [-0.05, 0) is 37.0 Å². The maximum Gasteiger partial charge on any atom is 0.246 e. The molecule has 1 aromatic rings. The summed E-state index contributed by atoms with van der Waals surface area (Å²) in [4.78, 5) is 13.9. The molecule has 2 rings (SSSR count). The summed E-state index contributed by atoms with van der Waals surface area (Å²) >= 11 is 0. The summed E-state index contributed by atoms with van der Waals surface area (Å²) in [5.41, 5.74) is 0.947. The number of aliphatic hydroxyl groups excluding tert-OH is 1. The summed E-state index contributed by atoms with van der Waals surface area (Å²) in [6.07, 6.45) is 9.84. The van der Waals surface area contributed by atoms with E-state index >= 15 is 0 Å². The van der Waals surface area contributed by atoms with Crippen molar-refractivity contribution in [2.45, 2.75) is 31.8 Å². The van der Waals surface area contributed by atoms with Crippen LogP contribution in [0.4, 0.5) is 0 Å². The standard InChI is InChI=1S/C20H27NO4/c1-24-18-11-10-16(15-19(18)25-2)14-17(22)8-4-5-9-20(23)21-12-6-3-7-13-21/h4-5,8-11,15,17,22H,3,6-7,12-14H2,1-2H3/b8-4+,9-5+/t17-/m0/s1. The van der Waals surface area contributed by atoms with Crippen LogP contribution in [0.15, 0.2) is 42.5 Å². The second kappa shape index (κ2) is 9.89. The topological polar surface area (TPSA) is 59.0 Å². The van der Waals surface area contributed by atoms with Gasteiger partial charge in [0, 0.05) is 25.6 Å². The highest BCUT2D eigenvalue weighted by Crippen LogP contribution is 2.28. The van der Waals surface area contributed by atoms with Gasteiger partial charge < -0.3 is 19.5 Å². The fraction of sp³-hybridized carbons (Fsp3) is 0.450. The zero-order valence-electron chi connectivity index (χ0n) is 15.0. The predicted molar refractivity (Wildman–Crippen MR) is 98.0 cm³/mol. The molecule has 0 bridgehead atoms. The fourth-order valence-electron chi connectivity index (χ4n) is 2.87. The molecule has 0 aliphatic carbocycles. The first kappa shape index (κ1) is 19.1. The first-order valence-corrected chi connectivity index (χ1v) is 8.66. The molecule has 0 saturated carbocycles. The number of hydrogen-bond acceptors (Lipinski definition) is 4. The Morgan fingerprint density at radius 3 is 2.56 bits per heavy atom. The molecule has 0 unspecified atom stereocenters. The fourth-order valence-corrected chi connectivity index (χ4v) is 2.87. The van der Waals surface area contributed by atoms with Crippen LogP contribution >= 0.6 is 0 Å². The number of allylic oxidation sites excluding steroid dienone is 2. The molecule has 1 heterocycles.